The van der Waals surface area contributed by atoms with Crippen LogP contribution in [-0.2, 0) is 4.79 Å². The molecule has 2 rings (SSSR count). The van der Waals surface area contributed by atoms with Crippen molar-refractivity contribution >= 4 is 29.0 Å². The first-order valence-electron chi connectivity index (χ1n) is 6.10. The fraction of sp³-hybridized carbons (Fsp3) is 0.417. The molecular formula is C12H14FN3O3S. The minimum absolute atomic E-state index is 0.0808. The number of thioether (sulfide) groups is 1. The van der Waals surface area contributed by atoms with Crippen molar-refractivity contribution in [3.8, 4) is 0 Å². The minimum atomic E-state index is -0.749. The van der Waals surface area contributed by atoms with Gasteiger partial charge < -0.3 is 10.6 Å². The number of nitrogens with zero attached hydrogens (tertiary/aromatic N) is 1. The number of benzene rings is 1. The van der Waals surface area contributed by atoms with Gasteiger partial charge in [0.1, 0.15) is 5.82 Å². The summed E-state index contributed by atoms with van der Waals surface area (Å²) in [6, 6.07) is 3.10. The Labute approximate surface area is 119 Å². The number of anilines is 1. The molecule has 1 amide bonds. The molecule has 1 aromatic carbocycles. The van der Waals surface area contributed by atoms with Gasteiger partial charge in [-0.05, 0) is 6.07 Å². The van der Waals surface area contributed by atoms with Crippen LogP contribution in [0.15, 0.2) is 18.2 Å². The van der Waals surface area contributed by atoms with Crippen LogP contribution in [0.25, 0.3) is 0 Å². The second kappa shape index (κ2) is 6.67. The molecule has 8 heteroatoms. The van der Waals surface area contributed by atoms with Crippen LogP contribution in [0.3, 0.4) is 0 Å². The van der Waals surface area contributed by atoms with Crippen molar-refractivity contribution in [2.24, 2.45) is 0 Å². The van der Waals surface area contributed by atoms with Crippen molar-refractivity contribution < 1.29 is 14.1 Å². The van der Waals surface area contributed by atoms with Gasteiger partial charge in [-0.1, -0.05) is 0 Å². The third-order valence-electron chi connectivity index (χ3n) is 2.81. The second-order valence-corrected chi connectivity index (χ2v) is 5.58. The van der Waals surface area contributed by atoms with Crippen LogP contribution < -0.4 is 10.6 Å². The van der Waals surface area contributed by atoms with Crippen LogP contribution in [0, 0.1) is 15.9 Å². The van der Waals surface area contributed by atoms with Gasteiger partial charge in [0.25, 0.3) is 5.69 Å². The van der Waals surface area contributed by atoms with Crippen LogP contribution in [0.1, 0.15) is 6.42 Å². The largest absolute Gasteiger partial charge is 0.326 e. The molecule has 1 aromatic rings. The van der Waals surface area contributed by atoms with E-state index in [4.69, 9.17) is 0 Å². The van der Waals surface area contributed by atoms with Crippen molar-refractivity contribution in [2.75, 3.05) is 23.4 Å². The molecule has 1 aliphatic heterocycles. The quantitative estimate of drug-likeness (QED) is 0.654. The summed E-state index contributed by atoms with van der Waals surface area (Å²) in [6.07, 6.45) is 0.261. The van der Waals surface area contributed by atoms with Crippen LogP contribution >= 0.6 is 11.8 Å². The number of nitro benzene ring substituents is 1. The van der Waals surface area contributed by atoms with E-state index in [0.29, 0.717) is 0 Å². The highest BCUT2D eigenvalue weighted by molar-refractivity contribution is 7.99. The fourth-order valence-corrected chi connectivity index (χ4v) is 2.89. The zero-order chi connectivity index (χ0) is 14.5. The molecule has 1 aliphatic rings. The molecule has 6 nitrogen and oxygen atoms in total. The molecule has 1 saturated heterocycles. The first-order chi connectivity index (χ1) is 9.54. The second-order valence-electron chi connectivity index (χ2n) is 4.43. The van der Waals surface area contributed by atoms with Gasteiger partial charge in [-0.25, -0.2) is 4.39 Å². The highest BCUT2D eigenvalue weighted by Crippen LogP contribution is 2.20. The van der Waals surface area contributed by atoms with Crippen molar-refractivity contribution in [1.82, 2.24) is 5.32 Å². The average molecular weight is 299 g/mol. The standard InChI is InChI=1S/C12H14FN3O3S/c13-8-3-9(5-11(4-8)16(18)19)15-12(17)6-10-7-20-2-1-14-10/h3-5,10,14H,1-2,6-7H2,(H,15,17). The molecule has 0 spiro atoms. The number of hydrogen-bond acceptors (Lipinski definition) is 5. The molecule has 1 unspecified atom stereocenters. The summed E-state index contributed by atoms with van der Waals surface area (Å²) < 4.78 is 13.2. The molecule has 0 radical (unpaired) electrons. The van der Waals surface area contributed by atoms with Crippen molar-refractivity contribution in [3.05, 3.63) is 34.1 Å². The number of halogens is 1. The van der Waals surface area contributed by atoms with Crippen LogP contribution in [0.5, 0.6) is 0 Å². The van der Waals surface area contributed by atoms with Gasteiger partial charge in [-0.3, -0.25) is 14.9 Å². The minimum Gasteiger partial charge on any atom is -0.326 e. The van der Waals surface area contributed by atoms with Gasteiger partial charge in [0.05, 0.1) is 16.7 Å². The molecule has 2 N–H and O–H groups in total. The molecule has 108 valence electrons. The summed E-state index contributed by atoms with van der Waals surface area (Å²) >= 11 is 1.77. The summed E-state index contributed by atoms with van der Waals surface area (Å²) in [6.45, 7) is 0.855. The normalized spacial score (nSPS) is 18.6. The Hall–Kier alpha value is -1.67. The third kappa shape index (κ3) is 4.17. The van der Waals surface area contributed by atoms with E-state index < -0.39 is 10.7 Å². The maximum absolute atomic E-state index is 13.2. The van der Waals surface area contributed by atoms with Crippen LogP contribution in [0.2, 0.25) is 0 Å². The molecular weight excluding hydrogens is 285 g/mol. The Morgan fingerprint density at radius 2 is 2.35 bits per heavy atom. The first-order valence-corrected chi connectivity index (χ1v) is 7.26. The average Bonchev–Trinajstić information content (AvgIpc) is 2.38. The van der Waals surface area contributed by atoms with E-state index in [1.54, 1.807) is 11.8 Å². The number of carbonyl (C=O) groups excluding carboxylic acids is 1. The van der Waals surface area contributed by atoms with E-state index in [1.165, 1.54) is 0 Å². The molecule has 0 saturated carbocycles. The van der Waals surface area contributed by atoms with Crippen molar-refractivity contribution in [3.63, 3.8) is 0 Å². The number of hydrogen-bond donors (Lipinski definition) is 2. The van der Waals surface area contributed by atoms with E-state index in [-0.39, 0.29) is 29.7 Å². The van der Waals surface area contributed by atoms with Crippen molar-refractivity contribution in [1.29, 1.82) is 0 Å². The molecule has 1 fully saturated rings. The lowest BCUT2D eigenvalue weighted by Gasteiger charge is -2.22. The third-order valence-corrected chi connectivity index (χ3v) is 3.94. The Morgan fingerprint density at radius 1 is 1.55 bits per heavy atom. The van der Waals surface area contributed by atoms with E-state index in [0.717, 1.165) is 36.2 Å². The van der Waals surface area contributed by atoms with Gasteiger partial charge in [-0.2, -0.15) is 11.8 Å². The zero-order valence-corrected chi connectivity index (χ0v) is 11.4. The summed E-state index contributed by atoms with van der Waals surface area (Å²) in [5, 5.41) is 16.3. The maximum atomic E-state index is 13.2. The van der Waals surface area contributed by atoms with Crippen molar-refractivity contribution in [2.45, 2.75) is 12.5 Å². The molecule has 0 aliphatic carbocycles. The number of amides is 1. The van der Waals surface area contributed by atoms with E-state index in [2.05, 4.69) is 10.6 Å². The molecule has 20 heavy (non-hydrogen) atoms. The fourth-order valence-electron chi connectivity index (χ4n) is 1.94. The predicted molar refractivity (Wildman–Crippen MR) is 75.4 cm³/mol. The summed E-state index contributed by atoms with van der Waals surface area (Å²) in [4.78, 5) is 21.7. The Bertz CT molecular complexity index is 521. The Morgan fingerprint density at radius 3 is 3.00 bits per heavy atom. The Balaban J connectivity index is 1.98. The lowest BCUT2D eigenvalue weighted by atomic mass is 10.2. The van der Waals surface area contributed by atoms with Gasteiger partial charge in [0.2, 0.25) is 5.91 Å². The monoisotopic (exact) mass is 299 g/mol. The molecule has 1 heterocycles. The molecule has 1 atom stereocenters. The number of carbonyl (C=O) groups is 1. The van der Waals surface area contributed by atoms with E-state index in [1.807, 2.05) is 0 Å². The lowest BCUT2D eigenvalue weighted by Crippen LogP contribution is -2.39. The number of rotatable bonds is 4. The number of nitro groups is 1. The van der Waals surface area contributed by atoms with Crippen LogP contribution in [0.4, 0.5) is 15.8 Å². The van der Waals surface area contributed by atoms with Crippen LogP contribution in [-0.4, -0.2) is 34.9 Å². The topological polar surface area (TPSA) is 84.3 Å². The lowest BCUT2D eigenvalue weighted by molar-refractivity contribution is -0.385. The van der Waals surface area contributed by atoms with Gasteiger partial charge in [0.15, 0.2) is 0 Å². The summed E-state index contributed by atoms with van der Waals surface area (Å²) in [5.74, 6) is 0.830. The highest BCUT2D eigenvalue weighted by atomic mass is 32.2. The van der Waals surface area contributed by atoms with Gasteiger partial charge in [0, 0.05) is 36.6 Å². The van der Waals surface area contributed by atoms with E-state index in [9.17, 15) is 19.3 Å². The molecule has 0 aromatic heterocycles. The number of nitrogens with one attached hydrogen (secondary N) is 2. The predicted octanol–water partition coefficient (Wildman–Crippen LogP) is 1.77. The van der Waals surface area contributed by atoms with Gasteiger partial charge >= 0.3 is 0 Å². The Kier molecular flexibility index (Phi) is 4.91. The first kappa shape index (κ1) is 14.7. The van der Waals surface area contributed by atoms with Gasteiger partial charge in [-0.15, -0.1) is 0 Å². The highest BCUT2D eigenvalue weighted by Gasteiger charge is 2.17. The smallest absolute Gasteiger partial charge is 0.274 e. The zero-order valence-electron chi connectivity index (χ0n) is 10.6. The van der Waals surface area contributed by atoms with E-state index >= 15 is 0 Å². The molecule has 0 bridgehead atoms. The maximum Gasteiger partial charge on any atom is 0.274 e. The number of non-ortho nitro benzene ring substituents is 1. The summed E-state index contributed by atoms with van der Waals surface area (Å²) in [7, 11) is 0. The summed E-state index contributed by atoms with van der Waals surface area (Å²) in [5.41, 5.74) is -0.281. The SMILES string of the molecule is O=C(CC1CSCCN1)Nc1cc(F)cc([N+](=O)[O-])c1.